The SMILES string of the molecule is CC1CCCN(c2nc(C(F)(F)F)c(C(=O)Cc3ccc(N4CCC5(CCN(C(=O)Nc6ccccc6F)C5)CC4)nc3)o2)C1. The van der Waals surface area contributed by atoms with Crippen molar-refractivity contribution in [3.8, 4) is 0 Å². The smallest absolute Gasteiger partial charge is 0.420 e. The number of alkyl halides is 3. The van der Waals surface area contributed by atoms with Gasteiger partial charge in [0, 0.05) is 51.9 Å². The van der Waals surface area contributed by atoms with Crippen molar-refractivity contribution in [2.24, 2.45) is 11.3 Å². The number of amides is 2. The number of pyridine rings is 1. The van der Waals surface area contributed by atoms with Crippen molar-refractivity contribution in [2.45, 2.75) is 51.6 Å². The normalized spacial score (nSPS) is 20.1. The molecule has 5 heterocycles. The molecule has 1 spiro atoms. The van der Waals surface area contributed by atoms with E-state index in [4.69, 9.17) is 4.42 Å². The second-order valence-corrected chi connectivity index (χ2v) is 12.6. The summed E-state index contributed by atoms with van der Waals surface area (Å²) in [6, 6.07) is 9.09. The Hall–Kier alpha value is -4.16. The van der Waals surface area contributed by atoms with Gasteiger partial charge in [-0.25, -0.2) is 14.2 Å². The molecule has 0 radical (unpaired) electrons. The summed E-state index contributed by atoms with van der Waals surface area (Å²) in [5.41, 5.74) is -0.675. The van der Waals surface area contributed by atoms with E-state index in [9.17, 15) is 27.2 Å². The Morgan fingerprint density at radius 1 is 1.04 bits per heavy atom. The lowest BCUT2D eigenvalue weighted by Crippen LogP contribution is -2.43. The molecule has 1 atom stereocenters. The Balaban J connectivity index is 1.05. The average molecular weight is 629 g/mol. The molecule has 13 heteroatoms. The number of Topliss-reactive ketones (excluding diaryl/α,β-unsaturated/α-hetero) is 1. The molecule has 0 aliphatic carbocycles. The lowest BCUT2D eigenvalue weighted by Gasteiger charge is -2.39. The maximum Gasteiger partial charge on any atom is 0.437 e. The first-order chi connectivity index (χ1) is 21.5. The highest BCUT2D eigenvalue weighted by Crippen LogP contribution is 2.41. The summed E-state index contributed by atoms with van der Waals surface area (Å²) in [4.78, 5) is 39.5. The molecule has 1 N–H and O–H groups in total. The number of nitrogens with zero attached hydrogens (tertiary/aromatic N) is 5. The maximum absolute atomic E-state index is 14.0. The van der Waals surface area contributed by atoms with Gasteiger partial charge in [-0.05, 0) is 67.2 Å². The van der Waals surface area contributed by atoms with E-state index in [-0.39, 0.29) is 29.6 Å². The van der Waals surface area contributed by atoms with Crippen LogP contribution in [0.2, 0.25) is 0 Å². The number of benzene rings is 1. The van der Waals surface area contributed by atoms with E-state index in [0.29, 0.717) is 43.5 Å². The summed E-state index contributed by atoms with van der Waals surface area (Å²) in [6.45, 7) is 5.71. The van der Waals surface area contributed by atoms with Crippen molar-refractivity contribution in [3.05, 3.63) is 65.4 Å². The topological polar surface area (TPSA) is 94.8 Å². The first-order valence-electron chi connectivity index (χ1n) is 15.4. The number of urea groups is 1. The monoisotopic (exact) mass is 628 g/mol. The van der Waals surface area contributed by atoms with Crippen LogP contribution in [0, 0.1) is 17.2 Å². The van der Waals surface area contributed by atoms with Crippen LogP contribution in [0.1, 0.15) is 60.8 Å². The molecule has 0 bridgehead atoms. The number of hydrogen-bond donors (Lipinski definition) is 1. The molecule has 1 aromatic carbocycles. The number of ketones is 1. The zero-order valence-corrected chi connectivity index (χ0v) is 25.1. The number of aromatic nitrogens is 2. The van der Waals surface area contributed by atoms with Gasteiger partial charge in [-0.1, -0.05) is 25.1 Å². The number of likely N-dealkylation sites (tertiary alicyclic amines) is 1. The molecule has 2 aromatic heterocycles. The first-order valence-corrected chi connectivity index (χ1v) is 15.4. The van der Waals surface area contributed by atoms with Crippen LogP contribution in [-0.4, -0.2) is 66.0 Å². The van der Waals surface area contributed by atoms with Gasteiger partial charge in [-0.3, -0.25) is 4.79 Å². The second kappa shape index (κ2) is 12.3. The number of nitrogens with one attached hydrogen (secondary N) is 1. The molecule has 2 amide bonds. The number of oxazole rings is 1. The summed E-state index contributed by atoms with van der Waals surface area (Å²) in [7, 11) is 0. The fourth-order valence-corrected chi connectivity index (χ4v) is 6.65. The third-order valence-corrected chi connectivity index (χ3v) is 9.23. The number of piperidine rings is 2. The van der Waals surface area contributed by atoms with E-state index in [1.165, 1.54) is 18.3 Å². The van der Waals surface area contributed by atoms with Crippen LogP contribution in [0.3, 0.4) is 0 Å². The fraction of sp³-hybridized carbons (Fsp3) is 0.500. The van der Waals surface area contributed by atoms with Gasteiger partial charge in [0.25, 0.3) is 6.01 Å². The van der Waals surface area contributed by atoms with E-state index in [1.807, 2.05) is 6.92 Å². The highest BCUT2D eigenvalue weighted by atomic mass is 19.4. The van der Waals surface area contributed by atoms with Gasteiger partial charge in [0.1, 0.15) is 11.6 Å². The Labute approximate surface area is 258 Å². The number of halogens is 4. The molecule has 1 unspecified atom stereocenters. The van der Waals surface area contributed by atoms with E-state index in [0.717, 1.165) is 45.2 Å². The lowest BCUT2D eigenvalue weighted by molar-refractivity contribution is -0.141. The van der Waals surface area contributed by atoms with Gasteiger partial charge >= 0.3 is 12.2 Å². The Morgan fingerprint density at radius 3 is 2.49 bits per heavy atom. The highest BCUT2D eigenvalue weighted by Gasteiger charge is 2.43. The molecule has 9 nitrogen and oxygen atoms in total. The van der Waals surface area contributed by atoms with Crippen LogP contribution < -0.4 is 15.1 Å². The van der Waals surface area contributed by atoms with Crippen molar-refractivity contribution in [1.29, 1.82) is 0 Å². The minimum atomic E-state index is -4.82. The van der Waals surface area contributed by atoms with Crippen LogP contribution in [0.15, 0.2) is 47.0 Å². The Kier molecular flexibility index (Phi) is 8.45. The highest BCUT2D eigenvalue weighted by molar-refractivity contribution is 5.96. The van der Waals surface area contributed by atoms with Crippen molar-refractivity contribution < 1.29 is 31.6 Å². The fourth-order valence-electron chi connectivity index (χ4n) is 6.65. The molecule has 240 valence electrons. The quantitative estimate of drug-likeness (QED) is 0.249. The number of anilines is 3. The van der Waals surface area contributed by atoms with E-state index < -0.39 is 29.2 Å². The van der Waals surface area contributed by atoms with Crippen LogP contribution in [0.5, 0.6) is 0 Å². The molecule has 6 rings (SSSR count). The van der Waals surface area contributed by atoms with E-state index >= 15 is 0 Å². The third kappa shape index (κ3) is 6.76. The minimum Gasteiger partial charge on any atom is -0.420 e. The second-order valence-electron chi connectivity index (χ2n) is 12.6. The van der Waals surface area contributed by atoms with Crippen molar-refractivity contribution in [3.63, 3.8) is 0 Å². The Morgan fingerprint density at radius 2 is 1.80 bits per heavy atom. The van der Waals surface area contributed by atoms with Crippen LogP contribution >= 0.6 is 0 Å². The van der Waals surface area contributed by atoms with Gasteiger partial charge in [0.2, 0.25) is 11.5 Å². The van der Waals surface area contributed by atoms with Crippen molar-refractivity contribution in [1.82, 2.24) is 14.9 Å². The summed E-state index contributed by atoms with van der Waals surface area (Å²) in [6.07, 6.45) is 0.754. The maximum atomic E-state index is 14.0. The lowest BCUT2D eigenvalue weighted by atomic mass is 9.78. The molecular weight excluding hydrogens is 592 g/mol. The summed E-state index contributed by atoms with van der Waals surface area (Å²) < 4.78 is 60.8. The number of rotatable bonds is 6. The summed E-state index contributed by atoms with van der Waals surface area (Å²) in [5, 5.41) is 2.67. The molecule has 3 fully saturated rings. The predicted octanol–water partition coefficient (Wildman–Crippen LogP) is 6.41. The molecule has 0 saturated carbocycles. The zero-order chi connectivity index (χ0) is 31.8. The largest absolute Gasteiger partial charge is 0.437 e. The molecule has 3 aromatic rings. The number of carbonyl (C=O) groups is 2. The average Bonchev–Trinajstić information content (AvgIpc) is 3.65. The zero-order valence-electron chi connectivity index (χ0n) is 25.1. The van der Waals surface area contributed by atoms with Gasteiger partial charge in [0.15, 0.2) is 5.69 Å². The Bertz CT molecular complexity index is 1530. The number of carbonyl (C=O) groups excluding carboxylic acids is 2. The van der Waals surface area contributed by atoms with Crippen molar-refractivity contribution >= 4 is 29.3 Å². The minimum absolute atomic E-state index is 0.0200. The van der Waals surface area contributed by atoms with Gasteiger partial charge in [-0.2, -0.15) is 18.2 Å². The van der Waals surface area contributed by atoms with Gasteiger partial charge < -0.3 is 24.4 Å². The standard InChI is InChI=1S/C32H36F4N6O3/c1-21-5-4-13-41(19-21)30-39-28(32(34,35)36)27(45-30)25(43)17-22-8-9-26(37-18-22)40-14-10-31(11-15-40)12-16-42(20-31)29(44)38-24-7-3-2-6-23(24)33/h2-3,6-9,18,21H,4-5,10-17,19-20H2,1H3,(H,38,44). The van der Waals surface area contributed by atoms with Gasteiger partial charge in [-0.15, -0.1) is 0 Å². The number of hydrogen-bond acceptors (Lipinski definition) is 7. The summed E-state index contributed by atoms with van der Waals surface area (Å²) >= 11 is 0. The molecule has 3 saturated heterocycles. The number of para-hydroxylation sites is 1. The van der Waals surface area contributed by atoms with Crippen LogP contribution in [0.25, 0.3) is 0 Å². The first kappa shape index (κ1) is 30.8. The third-order valence-electron chi connectivity index (χ3n) is 9.23. The van der Waals surface area contributed by atoms with Gasteiger partial charge in [0.05, 0.1) is 5.69 Å². The van der Waals surface area contributed by atoms with E-state index in [1.54, 1.807) is 34.1 Å². The molecule has 3 aliphatic rings. The van der Waals surface area contributed by atoms with Crippen molar-refractivity contribution in [2.75, 3.05) is 54.4 Å². The summed E-state index contributed by atoms with van der Waals surface area (Å²) in [5.74, 6) is -1.04. The molecule has 3 aliphatic heterocycles. The van der Waals surface area contributed by atoms with E-state index in [2.05, 4.69) is 20.2 Å². The predicted molar refractivity (Wildman–Crippen MR) is 160 cm³/mol. The van der Waals surface area contributed by atoms with Crippen LogP contribution in [-0.2, 0) is 12.6 Å². The molecule has 45 heavy (non-hydrogen) atoms. The molecular formula is C32H36F4N6O3. The van der Waals surface area contributed by atoms with Crippen LogP contribution in [0.4, 0.5) is 39.9 Å².